The molecule has 25 heavy (non-hydrogen) atoms. The summed E-state index contributed by atoms with van der Waals surface area (Å²) in [6, 6.07) is 12.5. The molecular formula is C17H19BrN2O3S2. The SMILES string of the molecule is CCCCNC(=O)c1cc(S(N)(=O)=O)c(Br)cc1Sc1ccccc1. The van der Waals surface area contributed by atoms with Crippen LogP contribution >= 0.6 is 27.7 Å². The number of nitrogens with two attached hydrogens (primary N) is 1. The number of primary sulfonamides is 1. The van der Waals surface area contributed by atoms with Gasteiger partial charge in [-0.05, 0) is 46.6 Å². The molecule has 3 N–H and O–H groups in total. The van der Waals surface area contributed by atoms with Crippen LogP contribution in [0.4, 0.5) is 0 Å². The van der Waals surface area contributed by atoms with Crippen LogP contribution in [0.25, 0.3) is 0 Å². The summed E-state index contributed by atoms with van der Waals surface area (Å²) in [4.78, 5) is 14.0. The van der Waals surface area contributed by atoms with Crippen LogP contribution in [0.5, 0.6) is 0 Å². The van der Waals surface area contributed by atoms with Crippen molar-refractivity contribution < 1.29 is 13.2 Å². The fraction of sp³-hybridized carbons (Fsp3) is 0.235. The maximum Gasteiger partial charge on any atom is 0.252 e. The molecule has 0 heterocycles. The Morgan fingerprint density at radius 2 is 1.92 bits per heavy atom. The van der Waals surface area contributed by atoms with E-state index in [1.807, 2.05) is 37.3 Å². The monoisotopic (exact) mass is 442 g/mol. The Labute approximate surface area is 160 Å². The minimum absolute atomic E-state index is 0.106. The van der Waals surface area contributed by atoms with Gasteiger partial charge in [0.15, 0.2) is 0 Å². The van der Waals surface area contributed by atoms with E-state index in [1.165, 1.54) is 17.8 Å². The molecule has 0 atom stereocenters. The molecule has 0 saturated heterocycles. The van der Waals surface area contributed by atoms with Gasteiger partial charge in [0.2, 0.25) is 10.0 Å². The Hall–Kier alpha value is -1.35. The highest BCUT2D eigenvalue weighted by Crippen LogP contribution is 2.35. The van der Waals surface area contributed by atoms with Crippen molar-refractivity contribution >= 4 is 43.6 Å². The highest BCUT2D eigenvalue weighted by molar-refractivity contribution is 9.10. The Kier molecular flexibility index (Phi) is 7.06. The van der Waals surface area contributed by atoms with Gasteiger partial charge in [-0.1, -0.05) is 43.3 Å². The quantitative estimate of drug-likeness (QED) is 0.638. The maximum absolute atomic E-state index is 12.5. The van der Waals surface area contributed by atoms with Gasteiger partial charge < -0.3 is 5.32 Å². The zero-order chi connectivity index (χ0) is 18.4. The second kappa shape index (κ2) is 8.84. The summed E-state index contributed by atoms with van der Waals surface area (Å²) in [5, 5.41) is 8.08. The van der Waals surface area contributed by atoms with Gasteiger partial charge in [-0.3, -0.25) is 4.79 Å². The molecule has 0 aromatic heterocycles. The van der Waals surface area contributed by atoms with E-state index >= 15 is 0 Å². The van der Waals surface area contributed by atoms with Crippen LogP contribution in [0.3, 0.4) is 0 Å². The van der Waals surface area contributed by atoms with Crippen molar-refractivity contribution in [1.29, 1.82) is 0 Å². The summed E-state index contributed by atoms with van der Waals surface area (Å²) in [5.74, 6) is -0.315. The molecule has 0 saturated carbocycles. The van der Waals surface area contributed by atoms with Crippen LogP contribution in [0.1, 0.15) is 30.1 Å². The number of rotatable bonds is 7. The molecule has 134 valence electrons. The molecule has 0 spiro atoms. The molecular weight excluding hydrogens is 424 g/mol. The zero-order valence-electron chi connectivity index (χ0n) is 13.7. The third kappa shape index (κ3) is 5.57. The highest BCUT2D eigenvalue weighted by atomic mass is 79.9. The number of sulfonamides is 1. The van der Waals surface area contributed by atoms with Crippen molar-refractivity contribution in [3.63, 3.8) is 0 Å². The molecule has 0 radical (unpaired) electrons. The number of nitrogens with one attached hydrogen (secondary N) is 1. The van der Waals surface area contributed by atoms with Gasteiger partial charge >= 0.3 is 0 Å². The predicted octanol–water partition coefficient (Wildman–Crippen LogP) is 3.78. The Balaban J connectivity index is 2.45. The Bertz CT molecular complexity index is 856. The second-order valence-corrected chi connectivity index (χ2v) is 8.85. The summed E-state index contributed by atoms with van der Waals surface area (Å²) in [5.41, 5.74) is 0.289. The lowest BCUT2D eigenvalue weighted by molar-refractivity contribution is 0.0950. The third-order valence-electron chi connectivity index (χ3n) is 3.37. The van der Waals surface area contributed by atoms with E-state index in [1.54, 1.807) is 6.07 Å². The van der Waals surface area contributed by atoms with Crippen molar-refractivity contribution in [2.75, 3.05) is 6.54 Å². The summed E-state index contributed by atoms with van der Waals surface area (Å²) >= 11 is 4.63. The largest absolute Gasteiger partial charge is 0.352 e. The van der Waals surface area contributed by atoms with Crippen LogP contribution in [-0.4, -0.2) is 20.9 Å². The van der Waals surface area contributed by atoms with Crippen molar-refractivity contribution in [1.82, 2.24) is 5.32 Å². The molecule has 0 unspecified atom stereocenters. The predicted molar refractivity (Wildman–Crippen MR) is 103 cm³/mol. The second-order valence-electron chi connectivity index (χ2n) is 5.35. The molecule has 0 fully saturated rings. The number of unbranched alkanes of at least 4 members (excludes halogenated alkanes) is 1. The van der Waals surface area contributed by atoms with Crippen molar-refractivity contribution in [3.05, 3.63) is 52.5 Å². The number of carbonyl (C=O) groups excluding carboxylic acids is 1. The minimum Gasteiger partial charge on any atom is -0.352 e. The van der Waals surface area contributed by atoms with E-state index < -0.39 is 10.0 Å². The fourth-order valence-corrected chi connectivity index (χ4v) is 4.87. The van der Waals surface area contributed by atoms with E-state index in [4.69, 9.17) is 5.14 Å². The normalized spacial score (nSPS) is 11.3. The van der Waals surface area contributed by atoms with Gasteiger partial charge in [-0.2, -0.15) is 0 Å². The summed E-state index contributed by atoms with van der Waals surface area (Å²) in [6.45, 7) is 2.56. The number of carbonyl (C=O) groups is 1. The van der Waals surface area contributed by atoms with E-state index in [0.717, 1.165) is 17.7 Å². The molecule has 8 heteroatoms. The van der Waals surface area contributed by atoms with E-state index in [0.29, 0.717) is 15.9 Å². The average molecular weight is 443 g/mol. The lowest BCUT2D eigenvalue weighted by atomic mass is 10.2. The van der Waals surface area contributed by atoms with Gasteiger partial charge in [0, 0.05) is 20.8 Å². The fourth-order valence-electron chi connectivity index (χ4n) is 2.10. The lowest BCUT2D eigenvalue weighted by Crippen LogP contribution is -2.25. The van der Waals surface area contributed by atoms with E-state index in [2.05, 4.69) is 21.2 Å². The first-order chi connectivity index (χ1) is 11.8. The Morgan fingerprint density at radius 1 is 1.24 bits per heavy atom. The number of halogens is 1. The van der Waals surface area contributed by atoms with Crippen LogP contribution < -0.4 is 10.5 Å². The van der Waals surface area contributed by atoms with Gasteiger partial charge in [-0.15, -0.1) is 0 Å². The standard InChI is InChI=1S/C17H19BrN2O3S2/c1-2-3-9-20-17(21)13-10-16(25(19,22)23)14(18)11-15(13)24-12-7-5-4-6-8-12/h4-8,10-11H,2-3,9H2,1H3,(H,20,21)(H2,19,22,23). The van der Waals surface area contributed by atoms with Crippen LogP contribution in [0.2, 0.25) is 0 Å². The molecule has 2 rings (SSSR count). The van der Waals surface area contributed by atoms with Gasteiger partial charge in [0.05, 0.1) is 10.5 Å². The van der Waals surface area contributed by atoms with Crippen molar-refractivity contribution in [2.24, 2.45) is 5.14 Å². The molecule has 0 aliphatic heterocycles. The first-order valence-corrected chi connectivity index (χ1v) is 10.9. The Morgan fingerprint density at radius 3 is 2.52 bits per heavy atom. The number of hydrogen-bond acceptors (Lipinski definition) is 4. The zero-order valence-corrected chi connectivity index (χ0v) is 16.9. The number of amides is 1. The minimum atomic E-state index is -3.94. The van der Waals surface area contributed by atoms with Crippen LogP contribution in [-0.2, 0) is 10.0 Å². The van der Waals surface area contributed by atoms with Crippen molar-refractivity contribution in [2.45, 2.75) is 34.5 Å². The third-order valence-corrected chi connectivity index (χ3v) is 6.31. The van der Waals surface area contributed by atoms with Crippen LogP contribution in [0, 0.1) is 0 Å². The molecule has 5 nitrogen and oxygen atoms in total. The average Bonchev–Trinajstić information content (AvgIpc) is 2.55. The number of hydrogen-bond donors (Lipinski definition) is 2. The van der Waals surface area contributed by atoms with Crippen LogP contribution in [0.15, 0.2) is 61.6 Å². The summed E-state index contributed by atoms with van der Waals surface area (Å²) in [7, 11) is -3.94. The summed E-state index contributed by atoms with van der Waals surface area (Å²) in [6.07, 6.45) is 1.81. The molecule has 0 aliphatic carbocycles. The first kappa shape index (κ1) is 20.0. The van der Waals surface area contributed by atoms with Gasteiger partial charge in [0.1, 0.15) is 0 Å². The first-order valence-electron chi connectivity index (χ1n) is 7.70. The van der Waals surface area contributed by atoms with Crippen molar-refractivity contribution in [3.8, 4) is 0 Å². The molecule has 1 amide bonds. The molecule has 2 aromatic carbocycles. The molecule has 0 bridgehead atoms. The smallest absolute Gasteiger partial charge is 0.252 e. The molecule has 2 aromatic rings. The summed E-state index contributed by atoms with van der Waals surface area (Å²) < 4.78 is 23.9. The highest BCUT2D eigenvalue weighted by Gasteiger charge is 2.20. The number of benzene rings is 2. The van der Waals surface area contributed by atoms with Gasteiger partial charge in [0.25, 0.3) is 5.91 Å². The van der Waals surface area contributed by atoms with E-state index in [-0.39, 0.29) is 16.4 Å². The lowest BCUT2D eigenvalue weighted by Gasteiger charge is -2.13. The maximum atomic E-state index is 12.5. The molecule has 0 aliphatic rings. The van der Waals surface area contributed by atoms with Gasteiger partial charge in [-0.25, -0.2) is 13.6 Å². The topological polar surface area (TPSA) is 89.3 Å². The van der Waals surface area contributed by atoms with E-state index in [9.17, 15) is 13.2 Å².